The standard InChI is InChI=1S/C33H36N4O4S/c1-20-10-8-11-21(2)29(20)27-19-28-35-32(34-27)36-42(39,40)26-13-9-12-24(18-26)31(38)37(7)22(3)30(41-28)23-14-16-25(17-15-23)33(4,5)6/h8-19,22,30H,1-7H3,(H,34,35,36)/t22-,30-/m1/s1. The van der Waals surface area contributed by atoms with Gasteiger partial charge in [0.2, 0.25) is 11.8 Å². The lowest BCUT2D eigenvalue weighted by atomic mass is 9.86. The summed E-state index contributed by atoms with van der Waals surface area (Å²) in [6.45, 7) is 12.3. The van der Waals surface area contributed by atoms with Gasteiger partial charge >= 0.3 is 0 Å². The van der Waals surface area contributed by atoms with Crippen molar-refractivity contribution < 1.29 is 17.9 Å². The predicted molar refractivity (Wildman–Crippen MR) is 164 cm³/mol. The first-order valence-corrected chi connectivity index (χ1v) is 15.4. The maximum Gasteiger partial charge on any atom is 0.264 e. The Hall–Kier alpha value is -4.24. The molecule has 0 radical (unpaired) electrons. The Balaban J connectivity index is 1.72. The fourth-order valence-corrected chi connectivity index (χ4v) is 6.18. The SMILES string of the molecule is Cc1cccc(C)c1-c1cc2nc(n1)NS(=O)(=O)c1cccc(c1)C(=O)N(C)[C@H](C)[C@H](c1ccc(C(C)(C)C)cc1)O2. The first-order valence-electron chi connectivity index (χ1n) is 13.9. The number of anilines is 1. The number of aryl methyl sites for hydroxylation is 2. The average Bonchev–Trinajstić information content (AvgIpc) is 2.94. The number of sulfonamides is 1. The van der Waals surface area contributed by atoms with E-state index < -0.39 is 22.2 Å². The molecule has 8 nitrogen and oxygen atoms in total. The third-order valence-electron chi connectivity index (χ3n) is 7.78. The van der Waals surface area contributed by atoms with Crippen LogP contribution in [-0.4, -0.2) is 42.3 Å². The molecule has 0 saturated carbocycles. The van der Waals surface area contributed by atoms with Crippen LogP contribution in [0.3, 0.4) is 0 Å². The molecule has 5 rings (SSSR count). The van der Waals surface area contributed by atoms with Gasteiger partial charge in [0.05, 0.1) is 16.6 Å². The Morgan fingerprint density at radius 3 is 2.19 bits per heavy atom. The molecule has 42 heavy (non-hydrogen) atoms. The summed E-state index contributed by atoms with van der Waals surface area (Å²) < 4.78 is 36.0. The molecular weight excluding hydrogens is 548 g/mol. The number of benzene rings is 3. The van der Waals surface area contributed by atoms with Crippen molar-refractivity contribution in [3.05, 3.63) is 101 Å². The third kappa shape index (κ3) is 5.74. The molecule has 2 atom stereocenters. The van der Waals surface area contributed by atoms with Crippen molar-refractivity contribution in [2.45, 2.75) is 64.0 Å². The predicted octanol–water partition coefficient (Wildman–Crippen LogP) is 6.45. The summed E-state index contributed by atoms with van der Waals surface area (Å²) in [6, 6.07) is 21.3. The van der Waals surface area contributed by atoms with Gasteiger partial charge < -0.3 is 9.64 Å². The molecule has 218 valence electrons. The minimum atomic E-state index is -4.12. The van der Waals surface area contributed by atoms with Crippen molar-refractivity contribution in [1.29, 1.82) is 0 Å². The lowest BCUT2D eigenvalue weighted by Gasteiger charge is -2.33. The van der Waals surface area contributed by atoms with E-state index in [-0.39, 0.29) is 33.6 Å². The largest absolute Gasteiger partial charge is 0.467 e. The summed E-state index contributed by atoms with van der Waals surface area (Å²) in [4.78, 5) is 24.2. The first kappa shape index (κ1) is 29.3. The highest BCUT2D eigenvalue weighted by Gasteiger charge is 2.31. The van der Waals surface area contributed by atoms with Crippen molar-refractivity contribution in [1.82, 2.24) is 14.9 Å². The number of hydrogen-bond donors (Lipinski definition) is 1. The Morgan fingerprint density at radius 2 is 1.55 bits per heavy atom. The van der Waals surface area contributed by atoms with E-state index in [1.165, 1.54) is 17.7 Å². The highest BCUT2D eigenvalue weighted by Crippen LogP contribution is 2.34. The zero-order valence-electron chi connectivity index (χ0n) is 25.0. The number of aromatic nitrogens is 2. The van der Waals surface area contributed by atoms with Gasteiger partial charge in [0, 0.05) is 24.2 Å². The molecule has 1 N–H and O–H groups in total. The fourth-order valence-electron chi connectivity index (χ4n) is 5.19. The number of ether oxygens (including phenoxy) is 1. The smallest absolute Gasteiger partial charge is 0.264 e. The van der Waals surface area contributed by atoms with Crippen molar-refractivity contribution in [2.75, 3.05) is 11.8 Å². The summed E-state index contributed by atoms with van der Waals surface area (Å²) in [5.41, 5.74) is 5.58. The number of fused-ring (bicyclic) bond motifs is 4. The number of rotatable bonds is 2. The van der Waals surface area contributed by atoms with Crippen LogP contribution in [0.1, 0.15) is 66.4 Å². The van der Waals surface area contributed by atoms with E-state index in [4.69, 9.17) is 4.74 Å². The quantitative estimate of drug-likeness (QED) is 0.291. The van der Waals surface area contributed by atoms with E-state index in [2.05, 4.69) is 47.6 Å². The number of amides is 1. The van der Waals surface area contributed by atoms with Crippen LogP contribution in [-0.2, 0) is 15.4 Å². The molecule has 0 spiro atoms. The molecule has 3 aromatic carbocycles. The molecule has 1 aliphatic rings. The van der Waals surface area contributed by atoms with Crippen molar-refractivity contribution in [2.24, 2.45) is 0 Å². The second-order valence-electron chi connectivity index (χ2n) is 11.9. The van der Waals surface area contributed by atoms with Crippen LogP contribution in [0.4, 0.5) is 5.95 Å². The van der Waals surface area contributed by atoms with Gasteiger partial charge in [0.1, 0.15) is 6.10 Å². The van der Waals surface area contributed by atoms with E-state index in [9.17, 15) is 13.2 Å². The normalized spacial score (nSPS) is 18.6. The van der Waals surface area contributed by atoms with Gasteiger partial charge in [0.15, 0.2) is 0 Å². The molecule has 1 aliphatic heterocycles. The van der Waals surface area contributed by atoms with Crippen LogP contribution in [0.5, 0.6) is 5.88 Å². The lowest BCUT2D eigenvalue weighted by molar-refractivity contribution is 0.0544. The maximum atomic E-state index is 13.6. The van der Waals surface area contributed by atoms with Gasteiger partial charge in [-0.3, -0.25) is 4.79 Å². The number of carbonyl (C=O) groups is 1. The van der Waals surface area contributed by atoms with Crippen molar-refractivity contribution >= 4 is 21.9 Å². The Labute approximate surface area is 247 Å². The number of carbonyl (C=O) groups excluding carboxylic acids is 1. The summed E-state index contributed by atoms with van der Waals surface area (Å²) in [5.74, 6) is -0.263. The number of hydrogen-bond acceptors (Lipinski definition) is 6. The molecule has 4 bridgehead atoms. The fraction of sp³-hybridized carbons (Fsp3) is 0.303. The summed E-state index contributed by atoms with van der Waals surface area (Å²) in [7, 11) is -2.42. The van der Waals surface area contributed by atoms with E-state index in [1.807, 2.05) is 51.1 Å². The molecule has 1 amide bonds. The van der Waals surface area contributed by atoms with Crippen LogP contribution in [0.25, 0.3) is 11.3 Å². The van der Waals surface area contributed by atoms with Crippen LogP contribution >= 0.6 is 0 Å². The topological polar surface area (TPSA) is 101 Å². The van der Waals surface area contributed by atoms with Gasteiger partial charge in [-0.25, -0.2) is 18.1 Å². The zero-order chi connectivity index (χ0) is 30.4. The van der Waals surface area contributed by atoms with Gasteiger partial charge in [0.25, 0.3) is 15.9 Å². The van der Waals surface area contributed by atoms with E-state index in [1.54, 1.807) is 30.1 Å². The minimum absolute atomic E-state index is 0.0352. The molecule has 0 fully saturated rings. The van der Waals surface area contributed by atoms with Gasteiger partial charge in [-0.05, 0) is 66.6 Å². The molecule has 2 heterocycles. The zero-order valence-corrected chi connectivity index (χ0v) is 25.8. The lowest BCUT2D eigenvalue weighted by Crippen LogP contribution is -2.41. The second kappa shape index (κ2) is 10.9. The molecule has 0 saturated heterocycles. The van der Waals surface area contributed by atoms with E-state index in [0.717, 1.165) is 22.3 Å². The minimum Gasteiger partial charge on any atom is -0.467 e. The summed E-state index contributed by atoms with van der Waals surface area (Å²) in [6.07, 6.45) is -0.623. The van der Waals surface area contributed by atoms with Gasteiger partial charge in [-0.2, -0.15) is 4.98 Å². The third-order valence-corrected chi connectivity index (χ3v) is 9.11. The van der Waals surface area contributed by atoms with Crippen LogP contribution < -0.4 is 9.46 Å². The molecule has 0 aliphatic carbocycles. The van der Waals surface area contributed by atoms with Crippen molar-refractivity contribution in [3.8, 4) is 17.1 Å². The molecular formula is C33H36N4O4S. The first-order chi connectivity index (χ1) is 19.7. The van der Waals surface area contributed by atoms with Gasteiger partial charge in [-0.1, -0.05) is 69.3 Å². The maximum absolute atomic E-state index is 13.6. The Morgan fingerprint density at radius 1 is 0.905 bits per heavy atom. The van der Waals surface area contributed by atoms with Crippen molar-refractivity contribution in [3.63, 3.8) is 0 Å². The molecule has 1 aromatic heterocycles. The van der Waals surface area contributed by atoms with E-state index >= 15 is 0 Å². The molecule has 9 heteroatoms. The highest BCUT2D eigenvalue weighted by atomic mass is 32.2. The monoisotopic (exact) mass is 584 g/mol. The number of nitrogens with zero attached hydrogens (tertiary/aromatic N) is 3. The van der Waals surface area contributed by atoms with Gasteiger partial charge in [-0.15, -0.1) is 0 Å². The Kier molecular flexibility index (Phi) is 7.57. The number of likely N-dealkylation sites (N-methyl/N-ethyl adjacent to an activating group) is 1. The highest BCUT2D eigenvalue weighted by molar-refractivity contribution is 7.92. The molecule has 4 aromatic rings. The summed E-state index contributed by atoms with van der Waals surface area (Å²) in [5, 5.41) is 0. The van der Waals surface area contributed by atoms with E-state index in [0.29, 0.717) is 5.69 Å². The average molecular weight is 585 g/mol. The molecule has 0 unspecified atom stereocenters. The van der Waals surface area contributed by atoms with Crippen LogP contribution in [0.2, 0.25) is 0 Å². The van der Waals surface area contributed by atoms with Crippen LogP contribution in [0, 0.1) is 13.8 Å². The van der Waals surface area contributed by atoms with Crippen LogP contribution in [0.15, 0.2) is 77.7 Å². The number of nitrogens with one attached hydrogen (secondary N) is 1. The summed E-state index contributed by atoms with van der Waals surface area (Å²) >= 11 is 0. The Bertz CT molecular complexity index is 1740. The second-order valence-corrected chi connectivity index (χ2v) is 13.6.